The van der Waals surface area contributed by atoms with Crippen molar-refractivity contribution in [2.45, 2.75) is 11.4 Å². The van der Waals surface area contributed by atoms with E-state index in [9.17, 15) is 22.9 Å². The zero-order valence-corrected chi connectivity index (χ0v) is 16.0. The van der Waals surface area contributed by atoms with Gasteiger partial charge in [0.1, 0.15) is 22.5 Å². The van der Waals surface area contributed by atoms with Gasteiger partial charge in [-0.05, 0) is 35.9 Å². The molecule has 1 amide bonds. The van der Waals surface area contributed by atoms with Gasteiger partial charge in [0, 0.05) is 25.0 Å². The number of amides is 1. The van der Waals surface area contributed by atoms with E-state index in [2.05, 4.69) is 4.98 Å². The molecule has 0 aliphatic rings. The number of aromatic nitrogens is 2. The van der Waals surface area contributed by atoms with Crippen molar-refractivity contribution in [3.05, 3.63) is 71.9 Å². The first kappa shape index (κ1) is 20.0. The molecule has 0 aliphatic heterocycles. The van der Waals surface area contributed by atoms with Crippen LogP contribution in [-0.4, -0.2) is 40.5 Å². The van der Waals surface area contributed by atoms with Crippen molar-refractivity contribution in [2.24, 2.45) is 0 Å². The summed E-state index contributed by atoms with van der Waals surface area (Å²) < 4.78 is 41.4. The first-order valence-corrected chi connectivity index (χ1v) is 9.70. The molecule has 0 saturated carbocycles. The number of rotatable bonds is 5. The number of nitriles is 1. The first-order valence-electron chi connectivity index (χ1n) is 8.26. The van der Waals surface area contributed by atoms with Crippen LogP contribution in [0.3, 0.4) is 0 Å². The lowest BCUT2D eigenvalue weighted by atomic mass is 10.1. The monoisotopic (exact) mass is 414 g/mol. The van der Waals surface area contributed by atoms with Crippen LogP contribution < -0.4 is 0 Å². The Morgan fingerprint density at radius 2 is 2.03 bits per heavy atom. The minimum Gasteiger partial charge on any atom is -0.465 e. The fourth-order valence-electron chi connectivity index (χ4n) is 2.78. The predicted molar refractivity (Wildman–Crippen MR) is 101 cm³/mol. The third-order valence-corrected chi connectivity index (χ3v) is 5.86. The van der Waals surface area contributed by atoms with Crippen LogP contribution in [0.25, 0.3) is 11.3 Å². The quantitative estimate of drug-likeness (QED) is 0.686. The van der Waals surface area contributed by atoms with Crippen LogP contribution in [0.15, 0.2) is 59.8 Å². The summed E-state index contributed by atoms with van der Waals surface area (Å²) in [6.45, 7) is -0.107. The summed E-state index contributed by atoms with van der Waals surface area (Å²) in [5.74, 6) is -0.928. The van der Waals surface area contributed by atoms with Gasteiger partial charge in [0.15, 0.2) is 0 Å². The van der Waals surface area contributed by atoms with Gasteiger partial charge in [-0.25, -0.2) is 26.6 Å². The topological polar surface area (TPSA) is 116 Å². The molecule has 0 radical (unpaired) electrons. The SMILES string of the molecule is CN(Cc1cc(-c2cccnc2C#N)n(S(=O)(=O)c2ccccc2F)c1)C(=O)O. The van der Waals surface area contributed by atoms with Gasteiger partial charge < -0.3 is 10.0 Å². The van der Waals surface area contributed by atoms with Crippen LogP contribution in [0.2, 0.25) is 0 Å². The maximum absolute atomic E-state index is 14.2. The number of hydrogen-bond acceptors (Lipinski definition) is 5. The molecule has 8 nitrogen and oxygen atoms in total. The molecule has 0 fully saturated rings. The number of hydrogen-bond donors (Lipinski definition) is 1. The molecule has 0 spiro atoms. The van der Waals surface area contributed by atoms with Gasteiger partial charge in [-0.2, -0.15) is 5.26 Å². The number of carboxylic acid groups (broad SMARTS) is 1. The summed E-state index contributed by atoms with van der Waals surface area (Å²) in [5.41, 5.74) is 0.622. The Balaban J connectivity index is 2.25. The maximum Gasteiger partial charge on any atom is 0.407 e. The molecule has 0 aliphatic carbocycles. The third-order valence-electron chi connectivity index (χ3n) is 4.15. The fourth-order valence-corrected chi connectivity index (χ4v) is 4.24. The highest BCUT2D eigenvalue weighted by Crippen LogP contribution is 2.30. The van der Waals surface area contributed by atoms with Crippen molar-refractivity contribution in [2.75, 3.05) is 7.05 Å². The zero-order chi connectivity index (χ0) is 21.2. The van der Waals surface area contributed by atoms with Crippen LogP contribution in [0.4, 0.5) is 9.18 Å². The summed E-state index contributed by atoms with van der Waals surface area (Å²) in [6, 6.07) is 11.3. The van der Waals surface area contributed by atoms with Crippen molar-refractivity contribution in [1.29, 1.82) is 5.26 Å². The Bertz CT molecular complexity index is 1230. The molecule has 3 rings (SSSR count). The van der Waals surface area contributed by atoms with Crippen molar-refractivity contribution in [3.8, 4) is 17.3 Å². The molecule has 2 heterocycles. The number of halogens is 1. The second-order valence-corrected chi connectivity index (χ2v) is 7.90. The molecule has 0 unspecified atom stereocenters. The lowest BCUT2D eigenvalue weighted by Gasteiger charge is -2.12. The van der Waals surface area contributed by atoms with E-state index < -0.39 is 26.8 Å². The molecule has 29 heavy (non-hydrogen) atoms. The standard InChI is InChI=1S/C19H15FN4O4S/c1-23(19(25)26)11-13-9-17(14-5-4-8-22-16(14)10-21)24(12-13)29(27,28)18-7-3-2-6-15(18)20/h2-9,12H,11H2,1H3,(H,25,26). The third kappa shape index (κ3) is 3.81. The molecule has 0 saturated heterocycles. The summed E-state index contributed by atoms with van der Waals surface area (Å²) >= 11 is 0. The van der Waals surface area contributed by atoms with E-state index in [1.165, 1.54) is 49.8 Å². The average molecular weight is 414 g/mol. The Kier molecular flexibility index (Phi) is 5.34. The van der Waals surface area contributed by atoms with Crippen molar-refractivity contribution < 1.29 is 22.7 Å². The smallest absolute Gasteiger partial charge is 0.407 e. The van der Waals surface area contributed by atoms with Crippen molar-refractivity contribution in [1.82, 2.24) is 13.9 Å². The van der Waals surface area contributed by atoms with E-state index in [0.29, 0.717) is 5.56 Å². The highest BCUT2D eigenvalue weighted by molar-refractivity contribution is 7.90. The molecule has 0 atom stereocenters. The number of nitrogens with zero attached hydrogens (tertiary/aromatic N) is 4. The van der Waals surface area contributed by atoms with E-state index in [-0.39, 0.29) is 23.5 Å². The number of carbonyl (C=O) groups is 1. The van der Waals surface area contributed by atoms with E-state index in [1.807, 2.05) is 6.07 Å². The lowest BCUT2D eigenvalue weighted by molar-refractivity contribution is 0.154. The van der Waals surface area contributed by atoms with Crippen LogP contribution in [0.5, 0.6) is 0 Å². The summed E-state index contributed by atoms with van der Waals surface area (Å²) in [5, 5.41) is 18.4. The van der Waals surface area contributed by atoms with Gasteiger partial charge in [0.25, 0.3) is 10.0 Å². The molecular formula is C19H15FN4O4S. The summed E-state index contributed by atoms with van der Waals surface area (Å²) in [7, 11) is -3.04. The summed E-state index contributed by atoms with van der Waals surface area (Å²) in [6.07, 6.45) is 1.40. The second kappa shape index (κ2) is 7.73. The zero-order valence-electron chi connectivity index (χ0n) is 15.2. The fraction of sp³-hybridized carbons (Fsp3) is 0.105. The number of pyridine rings is 1. The van der Waals surface area contributed by atoms with Gasteiger partial charge in [0.2, 0.25) is 0 Å². The van der Waals surface area contributed by atoms with Gasteiger partial charge in [0.05, 0.1) is 12.2 Å². The van der Waals surface area contributed by atoms with Crippen LogP contribution in [-0.2, 0) is 16.6 Å². The minimum absolute atomic E-state index is 0.0197. The van der Waals surface area contributed by atoms with Crippen LogP contribution in [0.1, 0.15) is 11.3 Å². The van der Waals surface area contributed by atoms with Crippen molar-refractivity contribution >= 4 is 16.1 Å². The first-order chi connectivity index (χ1) is 13.8. The number of benzene rings is 1. The highest BCUT2D eigenvalue weighted by Gasteiger charge is 2.26. The Hall–Kier alpha value is -3.71. The molecule has 2 aromatic heterocycles. The van der Waals surface area contributed by atoms with Crippen molar-refractivity contribution in [3.63, 3.8) is 0 Å². The van der Waals surface area contributed by atoms with Gasteiger partial charge in [-0.1, -0.05) is 12.1 Å². The predicted octanol–water partition coefficient (Wildman–Crippen LogP) is 2.91. The van der Waals surface area contributed by atoms with Gasteiger partial charge in [-0.3, -0.25) is 0 Å². The lowest BCUT2D eigenvalue weighted by Crippen LogP contribution is -2.23. The molecule has 10 heteroatoms. The Labute approximate surface area is 166 Å². The largest absolute Gasteiger partial charge is 0.465 e. The van der Waals surface area contributed by atoms with Gasteiger partial charge >= 0.3 is 6.09 Å². The molecule has 0 bridgehead atoms. The molecule has 1 aromatic carbocycles. The van der Waals surface area contributed by atoms with Crippen LogP contribution >= 0.6 is 0 Å². The second-order valence-electron chi connectivity index (χ2n) is 6.11. The Morgan fingerprint density at radius 1 is 1.31 bits per heavy atom. The normalized spacial score (nSPS) is 11.1. The van der Waals surface area contributed by atoms with Gasteiger partial charge in [-0.15, -0.1) is 0 Å². The summed E-state index contributed by atoms with van der Waals surface area (Å²) in [4.78, 5) is 15.5. The minimum atomic E-state index is -4.37. The van der Waals surface area contributed by atoms with E-state index >= 15 is 0 Å². The van der Waals surface area contributed by atoms with E-state index in [1.54, 1.807) is 0 Å². The van der Waals surface area contributed by atoms with Crippen LogP contribution in [0, 0.1) is 17.1 Å². The molecule has 148 valence electrons. The molecule has 3 aromatic rings. The maximum atomic E-state index is 14.2. The van der Waals surface area contributed by atoms with E-state index in [0.717, 1.165) is 21.0 Å². The average Bonchev–Trinajstić information content (AvgIpc) is 3.12. The molecular weight excluding hydrogens is 399 g/mol. The van der Waals surface area contributed by atoms with E-state index in [4.69, 9.17) is 5.11 Å². The highest BCUT2D eigenvalue weighted by atomic mass is 32.2. The molecule has 1 N–H and O–H groups in total. The Morgan fingerprint density at radius 3 is 2.69 bits per heavy atom.